The number of ether oxygens (including phenoxy) is 1. The molecule has 6 nitrogen and oxygen atoms in total. The number of carbonyl (C=O) groups is 2. The van der Waals surface area contributed by atoms with Gasteiger partial charge in [0.1, 0.15) is 0 Å². The predicted octanol–water partition coefficient (Wildman–Crippen LogP) is 3.89. The molecule has 2 aromatic carbocycles. The summed E-state index contributed by atoms with van der Waals surface area (Å²) in [5, 5.41) is 5.09. The lowest BCUT2D eigenvalue weighted by molar-refractivity contribution is -0.142. The Bertz CT molecular complexity index is 903. The summed E-state index contributed by atoms with van der Waals surface area (Å²) in [6.07, 6.45) is 0.106. The van der Waals surface area contributed by atoms with Crippen molar-refractivity contribution in [3.8, 4) is 0 Å². The molecule has 0 atom stereocenters. The van der Waals surface area contributed by atoms with Gasteiger partial charge in [-0.05, 0) is 18.1 Å². The van der Waals surface area contributed by atoms with Gasteiger partial charge in [0.25, 0.3) is 0 Å². The quantitative estimate of drug-likeness (QED) is 0.501. The van der Waals surface area contributed by atoms with Crippen LogP contribution < -0.4 is 5.32 Å². The van der Waals surface area contributed by atoms with E-state index in [1.807, 2.05) is 36.4 Å². The van der Waals surface area contributed by atoms with Gasteiger partial charge >= 0.3 is 5.97 Å². The molecule has 7 heteroatoms. The highest BCUT2D eigenvalue weighted by molar-refractivity contribution is 7.13. The molecule has 0 saturated heterocycles. The third-order valence-electron chi connectivity index (χ3n) is 4.29. The SMILES string of the molecule is CCOC(=O)Cc1csc(NC(=O)CN(Cc2ccccc2)Cc2ccccc2)n1. The van der Waals surface area contributed by atoms with Crippen LogP contribution in [-0.2, 0) is 33.8 Å². The Hall–Kier alpha value is -3.03. The van der Waals surface area contributed by atoms with Crippen LogP contribution in [0.2, 0.25) is 0 Å². The molecule has 0 aliphatic rings. The molecule has 0 aliphatic carbocycles. The van der Waals surface area contributed by atoms with E-state index >= 15 is 0 Å². The van der Waals surface area contributed by atoms with Gasteiger partial charge in [-0.1, -0.05) is 60.7 Å². The summed E-state index contributed by atoms with van der Waals surface area (Å²) in [5.41, 5.74) is 2.89. The van der Waals surface area contributed by atoms with E-state index in [0.29, 0.717) is 30.5 Å². The van der Waals surface area contributed by atoms with Crippen LogP contribution in [-0.4, -0.2) is 34.9 Å². The largest absolute Gasteiger partial charge is 0.466 e. The molecule has 156 valence electrons. The maximum Gasteiger partial charge on any atom is 0.311 e. The van der Waals surface area contributed by atoms with Crippen LogP contribution in [0.15, 0.2) is 66.0 Å². The first-order valence-electron chi connectivity index (χ1n) is 9.82. The minimum absolute atomic E-state index is 0.106. The van der Waals surface area contributed by atoms with Gasteiger partial charge in [-0.15, -0.1) is 11.3 Å². The molecule has 1 heterocycles. The molecule has 0 radical (unpaired) electrons. The van der Waals surface area contributed by atoms with Crippen molar-refractivity contribution in [3.63, 3.8) is 0 Å². The first-order valence-corrected chi connectivity index (χ1v) is 10.7. The van der Waals surface area contributed by atoms with Gasteiger partial charge in [0.15, 0.2) is 5.13 Å². The topological polar surface area (TPSA) is 71.5 Å². The summed E-state index contributed by atoms with van der Waals surface area (Å²) in [5.74, 6) is -0.462. The van der Waals surface area contributed by atoms with Gasteiger partial charge in [-0.2, -0.15) is 0 Å². The lowest BCUT2D eigenvalue weighted by atomic mass is 10.1. The molecule has 3 rings (SSSR count). The molecule has 0 spiro atoms. The zero-order valence-corrected chi connectivity index (χ0v) is 17.7. The van der Waals surface area contributed by atoms with Crippen molar-refractivity contribution in [3.05, 3.63) is 82.9 Å². The Morgan fingerprint density at radius 1 is 1.00 bits per heavy atom. The van der Waals surface area contributed by atoms with Gasteiger partial charge in [0.05, 0.1) is 25.3 Å². The number of benzene rings is 2. The molecule has 0 fully saturated rings. The lowest BCUT2D eigenvalue weighted by Crippen LogP contribution is -2.32. The number of rotatable bonds is 10. The standard InChI is InChI=1S/C23H25N3O3S/c1-2-29-22(28)13-20-17-30-23(24-20)25-21(27)16-26(14-18-9-5-3-6-10-18)15-19-11-7-4-8-12-19/h3-12,17H,2,13-16H2,1H3,(H,24,25,27). The molecule has 3 aromatic rings. The summed E-state index contributed by atoms with van der Waals surface area (Å²) in [6.45, 7) is 3.66. The highest BCUT2D eigenvalue weighted by atomic mass is 32.1. The van der Waals surface area contributed by atoms with Gasteiger partial charge in [0, 0.05) is 18.5 Å². The van der Waals surface area contributed by atoms with E-state index < -0.39 is 0 Å². The average Bonchev–Trinajstić information content (AvgIpc) is 3.16. The van der Waals surface area contributed by atoms with Crippen LogP contribution >= 0.6 is 11.3 Å². The number of hydrogen-bond acceptors (Lipinski definition) is 6. The van der Waals surface area contributed by atoms with E-state index in [2.05, 4.69) is 39.5 Å². The van der Waals surface area contributed by atoms with E-state index in [1.165, 1.54) is 11.3 Å². The van der Waals surface area contributed by atoms with Crippen LogP contribution in [0.3, 0.4) is 0 Å². The molecular formula is C23H25N3O3S. The lowest BCUT2D eigenvalue weighted by Gasteiger charge is -2.22. The van der Waals surface area contributed by atoms with Crippen molar-refractivity contribution >= 4 is 28.3 Å². The first kappa shape index (κ1) is 21.7. The number of nitrogens with one attached hydrogen (secondary N) is 1. The summed E-state index contributed by atoms with van der Waals surface area (Å²) >= 11 is 1.30. The van der Waals surface area contributed by atoms with E-state index in [1.54, 1.807) is 12.3 Å². The third kappa shape index (κ3) is 7.09. The Kier molecular flexibility index (Phi) is 8.11. The van der Waals surface area contributed by atoms with Crippen LogP contribution in [0.4, 0.5) is 5.13 Å². The number of hydrogen-bond donors (Lipinski definition) is 1. The molecule has 1 aromatic heterocycles. The molecule has 0 bridgehead atoms. The fourth-order valence-electron chi connectivity index (χ4n) is 3.02. The Labute approximate surface area is 180 Å². The van der Waals surface area contributed by atoms with Crippen molar-refractivity contribution in [1.29, 1.82) is 0 Å². The number of amides is 1. The fourth-order valence-corrected chi connectivity index (χ4v) is 3.74. The molecule has 30 heavy (non-hydrogen) atoms. The number of nitrogens with zero attached hydrogens (tertiary/aromatic N) is 2. The fraction of sp³-hybridized carbons (Fsp3) is 0.261. The zero-order chi connectivity index (χ0) is 21.2. The van der Waals surface area contributed by atoms with Crippen molar-refractivity contribution in [2.45, 2.75) is 26.4 Å². The highest BCUT2D eigenvalue weighted by Crippen LogP contribution is 2.17. The number of carbonyl (C=O) groups excluding carboxylic acids is 2. The molecule has 1 amide bonds. The molecule has 0 unspecified atom stereocenters. The van der Waals surface area contributed by atoms with Gasteiger partial charge in [-0.3, -0.25) is 14.5 Å². The second-order valence-corrected chi connectivity index (χ2v) is 7.65. The number of thiazole rings is 1. The smallest absolute Gasteiger partial charge is 0.311 e. The predicted molar refractivity (Wildman–Crippen MR) is 118 cm³/mol. The van der Waals surface area contributed by atoms with Crippen molar-refractivity contribution in [1.82, 2.24) is 9.88 Å². The van der Waals surface area contributed by atoms with Gasteiger partial charge in [-0.25, -0.2) is 4.98 Å². The second kappa shape index (κ2) is 11.2. The van der Waals surface area contributed by atoms with Crippen molar-refractivity contribution < 1.29 is 14.3 Å². The van der Waals surface area contributed by atoms with E-state index in [0.717, 1.165) is 11.1 Å². The van der Waals surface area contributed by atoms with Crippen LogP contribution in [0.25, 0.3) is 0 Å². The van der Waals surface area contributed by atoms with E-state index in [-0.39, 0.29) is 24.8 Å². The zero-order valence-electron chi connectivity index (χ0n) is 16.9. The third-order valence-corrected chi connectivity index (χ3v) is 5.10. The molecule has 0 saturated carbocycles. The number of esters is 1. The molecule has 0 aliphatic heterocycles. The first-order chi connectivity index (χ1) is 14.6. The van der Waals surface area contributed by atoms with E-state index in [4.69, 9.17) is 4.74 Å². The summed E-state index contributed by atoms with van der Waals surface area (Å²) < 4.78 is 4.93. The highest BCUT2D eigenvalue weighted by Gasteiger charge is 2.15. The van der Waals surface area contributed by atoms with Gasteiger partial charge < -0.3 is 10.1 Å². The Morgan fingerprint density at radius 2 is 1.60 bits per heavy atom. The Balaban J connectivity index is 1.61. The Morgan fingerprint density at radius 3 is 2.17 bits per heavy atom. The second-order valence-electron chi connectivity index (χ2n) is 6.79. The normalized spacial score (nSPS) is 10.7. The average molecular weight is 424 g/mol. The molecular weight excluding hydrogens is 398 g/mol. The van der Waals surface area contributed by atoms with Gasteiger partial charge in [0.2, 0.25) is 5.91 Å². The minimum atomic E-state index is -0.322. The van der Waals surface area contributed by atoms with Crippen LogP contribution in [0.1, 0.15) is 23.7 Å². The maximum absolute atomic E-state index is 12.7. The number of anilines is 1. The van der Waals surface area contributed by atoms with Crippen molar-refractivity contribution in [2.75, 3.05) is 18.5 Å². The monoisotopic (exact) mass is 423 g/mol. The van der Waals surface area contributed by atoms with Crippen LogP contribution in [0, 0.1) is 0 Å². The maximum atomic E-state index is 12.7. The molecule has 1 N–H and O–H groups in total. The summed E-state index contributed by atoms with van der Waals surface area (Å²) in [4.78, 5) is 30.6. The van der Waals surface area contributed by atoms with E-state index in [9.17, 15) is 9.59 Å². The minimum Gasteiger partial charge on any atom is -0.466 e. The van der Waals surface area contributed by atoms with Crippen molar-refractivity contribution in [2.24, 2.45) is 0 Å². The summed E-state index contributed by atoms with van der Waals surface area (Å²) in [6, 6.07) is 20.2. The van der Waals surface area contributed by atoms with Crippen LogP contribution in [0.5, 0.6) is 0 Å². The number of aromatic nitrogens is 1. The summed E-state index contributed by atoms with van der Waals surface area (Å²) in [7, 11) is 0.